The minimum Gasteiger partial charge on any atom is -0.396 e. The van der Waals surface area contributed by atoms with E-state index in [2.05, 4.69) is 17.0 Å². The van der Waals surface area contributed by atoms with Crippen molar-refractivity contribution in [2.45, 2.75) is 12.5 Å². The Labute approximate surface area is 117 Å². The van der Waals surface area contributed by atoms with E-state index in [0.717, 1.165) is 13.0 Å². The number of aliphatic hydroxyl groups excluding tert-OH is 1. The molecule has 2 aromatic carbocycles. The number of β-amino-alcohol motifs (C(OH)–C–C–N with tert-alkyl or cyclic N) is 1. The van der Waals surface area contributed by atoms with E-state index in [1.165, 1.54) is 23.4 Å². The van der Waals surface area contributed by atoms with Gasteiger partial charge in [0.05, 0.1) is 11.8 Å². The van der Waals surface area contributed by atoms with Crippen molar-refractivity contribution in [1.29, 1.82) is 0 Å². The largest absolute Gasteiger partial charge is 0.396 e. The number of aliphatic hydroxyl groups is 1. The normalized spacial score (nSPS) is 15.2. The number of benzene rings is 2. The average Bonchev–Trinajstić information content (AvgIpc) is 2.85. The minimum absolute atomic E-state index is 0.0726. The van der Waals surface area contributed by atoms with Crippen LogP contribution in [0.2, 0.25) is 0 Å². The number of rotatable bonds is 3. The second-order valence-electron chi connectivity index (χ2n) is 5.12. The van der Waals surface area contributed by atoms with E-state index in [-0.39, 0.29) is 5.69 Å². The molecule has 0 spiro atoms. The molecule has 3 N–H and O–H groups in total. The maximum atomic E-state index is 13.1. The van der Waals surface area contributed by atoms with E-state index in [1.807, 2.05) is 12.1 Å². The highest BCUT2D eigenvalue weighted by molar-refractivity contribution is 5.58. The van der Waals surface area contributed by atoms with Gasteiger partial charge in [-0.3, -0.25) is 0 Å². The van der Waals surface area contributed by atoms with E-state index in [0.29, 0.717) is 12.1 Å². The van der Waals surface area contributed by atoms with Crippen LogP contribution in [0.4, 0.5) is 15.8 Å². The Hall–Kier alpha value is -2.07. The zero-order valence-corrected chi connectivity index (χ0v) is 11.1. The molecule has 1 atom stereocenters. The van der Waals surface area contributed by atoms with Crippen molar-refractivity contribution in [3.63, 3.8) is 0 Å². The number of nitrogen functional groups attached to an aromatic ring is 1. The Morgan fingerprint density at radius 1 is 1.25 bits per heavy atom. The molecule has 3 nitrogen and oxygen atoms in total. The van der Waals surface area contributed by atoms with Gasteiger partial charge in [0.15, 0.2) is 0 Å². The van der Waals surface area contributed by atoms with Gasteiger partial charge in [-0.15, -0.1) is 0 Å². The van der Waals surface area contributed by atoms with Gasteiger partial charge in [0.2, 0.25) is 0 Å². The molecule has 0 fully saturated rings. The molecule has 20 heavy (non-hydrogen) atoms. The summed E-state index contributed by atoms with van der Waals surface area (Å²) in [5.74, 6) is -0.451. The molecule has 1 unspecified atom stereocenters. The molecule has 104 valence electrons. The van der Waals surface area contributed by atoms with Crippen LogP contribution in [0.1, 0.15) is 17.2 Å². The third kappa shape index (κ3) is 2.34. The topological polar surface area (TPSA) is 49.5 Å². The summed E-state index contributed by atoms with van der Waals surface area (Å²) in [5.41, 5.74) is 8.73. The van der Waals surface area contributed by atoms with Crippen molar-refractivity contribution in [3.8, 4) is 0 Å². The summed E-state index contributed by atoms with van der Waals surface area (Å²) in [6.07, 6.45) is 0.318. The number of anilines is 2. The molecule has 0 saturated carbocycles. The van der Waals surface area contributed by atoms with Gasteiger partial charge < -0.3 is 15.7 Å². The molecule has 3 rings (SSSR count). The standard InChI is InChI=1S/C16H17FN2O/c17-13-6-5-12(9-14(13)18)16(20)10-19-8-7-11-3-1-2-4-15(11)19/h1-6,9,16,20H,7-8,10,18H2. The van der Waals surface area contributed by atoms with Crippen LogP contribution < -0.4 is 10.6 Å². The molecule has 0 bridgehead atoms. The number of nitrogens with zero attached hydrogens (tertiary/aromatic N) is 1. The molecular formula is C16H17FN2O. The van der Waals surface area contributed by atoms with Crippen LogP contribution in [0, 0.1) is 5.82 Å². The monoisotopic (exact) mass is 272 g/mol. The SMILES string of the molecule is Nc1cc(C(O)CN2CCc3ccccc32)ccc1F. The molecule has 1 heterocycles. The third-order valence-corrected chi connectivity index (χ3v) is 3.78. The number of fused-ring (bicyclic) bond motifs is 1. The van der Waals surface area contributed by atoms with Crippen molar-refractivity contribution >= 4 is 11.4 Å². The first-order valence-electron chi connectivity index (χ1n) is 6.71. The minimum atomic E-state index is -0.677. The fourth-order valence-electron chi connectivity index (χ4n) is 2.68. The molecular weight excluding hydrogens is 255 g/mol. The van der Waals surface area contributed by atoms with Gasteiger partial charge in [-0.1, -0.05) is 24.3 Å². The van der Waals surface area contributed by atoms with Crippen LogP contribution in [-0.2, 0) is 6.42 Å². The van der Waals surface area contributed by atoms with E-state index in [4.69, 9.17) is 5.73 Å². The molecule has 1 aliphatic heterocycles. The van der Waals surface area contributed by atoms with Gasteiger partial charge in [-0.2, -0.15) is 0 Å². The summed E-state index contributed by atoms with van der Waals surface area (Å²) in [6.45, 7) is 1.38. The highest BCUT2D eigenvalue weighted by Gasteiger charge is 2.21. The maximum Gasteiger partial charge on any atom is 0.146 e. The summed E-state index contributed by atoms with van der Waals surface area (Å²) < 4.78 is 13.1. The van der Waals surface area contributed by atoms with Crippen molar-refractivity contribution < 1.29 is 9.50 Å². The lowest BCUT2D eigenvalue weighted by Gasteiger charge is -2.23. The van der Waals surface area contributed by atoms with Crippen LogP contribution >= 0.6 is 0 Å². The number of para-hydroxylation sites is 1. The van der Waals surface area contributed by atoms with E-state index in [9.17, 15) is 9.50 Å². The lowest BCUT2D eigenvalue weighted by molar-refractivity contribution is 0.184. The predicted octanol–water partition coefficient (Wildman–Crippen LogP) is 2.50. The fourth-order valence-corrected chi connectivity index (χ4v) is 2.68. The van der Waals surface area contributed by atoms with Crippen LogP contribution in [-0.4, -0.2) is 18.2 Å². The highest BCUT2D eigenvalue weighted by atomic mass is 19.1. The van der Waals surface area contributed by atoms with Gasteiger partial charge in [0.1, 0.15) is 5.82 Å². The summed E-state index contributed by atoms with van der Waals surface area (Å²) in [4.78, 5) is 2.15. The Morgan fingerprint density at radius 3 is 2.85 bits per heavy atom. The van der Waals surface area contributed by atoms with Gasteiger partial charge >= 0.3 is 0 Å². The smallest absolute Gasteiger partial charge is 0.146 e. The average molecular weight is 272 g/mol. The van der Waals surface area contributed by atoms with Crippen LogP contribution in [0.5, 0.6) is 0 Å². The summed E-state index contributed by atoms with van der Waals surface area (Å²) in [7, 11) is 0. The van der Waals surface area contributed by atoms with E-state index < -0.39 is 11.9 Å². The molecule has 1 aliphatic rings. The lowest BCUT2D eigenvalue weighted by atomic mass is 10.1. The maximum absolute atomic E-state index is 13.1. The fraction of sp³-hybridized carbons (Fsp3) is 0.250. The highest BCUT2D eigenvalue weighted by Crippen LogP contribution is 2.29. The van der Waals surface area contributed by atoms with Crippen molar-refractivity contribution in [1.82, 2.24) is 0 Å². The second-order valence-corrected chi connectivity index (χ2v) is 5.12. The number of hydrogen-bond donors (Lipinski definition) is 2. The molecule has 0 radical (unpaired) electrons. The van der Waals surface area contributed by atoms with Crippen molar-refractivity contribution in [2.24, 2.45) is 0 Å². The first-order valence-corrected chi connectivity index (χ1v) is 6.71. The molecule has 0 aliphatic carbocycles. The van der Waals surface area contributed by atoms with Crippen molar-refractivity contribution in [3.05, 3.63) is 59.4 Å². The molecule has 4 heteroatoms. The van der Waals surface area contributed by atoms with Gasteiger partial charge in [-0.25, -0.2) is 4.39 Å². The third-order valence-electron chi connectivity index (χ3n) is 3.78. The van der Waals surface area contributed by atoms with E-state index in [1.54, 1.807) is 6.07 Å². The summed E-state index contributed by atoms with van der Waals surface area (Å²) in [6, 6.07) is 12.6. The quantitative estimate of drug-likeness (QED) is 0.844. The van der Waals surface area contributed by atoms with Gasteiger partial charge in [0.25, 0.3) is 0 Å². The second kappa shape index (κ2) is 5.13. The van der Waals surface area contributed by atoms with Gasteiger partial charge in [0, 0.05) is 18.8 Å². The van der Waals surface area contributed by atoms with Crippen LogP contribution in [0.25, 0.3) is 0 Å². The molecule has 0 saturated heterocycles. The lowest BCUT2D eigenvalue weighted by Crippen LogP contribution is -2.26. The Morgan fingerprint density at radius 2 is 2.05 bits per heavy atom. The number of nitrogens with two attached hydrogens (primary N) is 1. The molecule has 2 aromatic rings. The zero-order valence-electron chi connectivity index (χ0n) is 11.1. The first-order chi connectivity index (χ1) is 9.65. The molecule has 0 amide bonds. The summed E-state index contributed by atoms with van der Waals surface area (Å²) >= 11 is 0. The Kier molecular flexibility index (Phi) is 3.32. The number of halogens is 1. The Balaban J connectivity index is 1.77. The first kappa shape index (κ1) is 12.9. The van der Waals surface area contributed by atoms with E-state index >= 15 is 0 Å². The van der Waals surface area contributed by atoms with Gasteiger partial charge in [-0.05, 0) is 35.7 Å². The molecule has 0 aromatic heterocycles. The number of hydrogen-bond acceptors (Lipinski definition) is 3. The van der Waals surface area contributed by atoms with Crippen LogP contribution in [0.15, 0.2) is 42.5 Å². The van der Waals surface area contributed by atoms with Crippen LogP contribution in [0.3, 0.4) is 0 Å². The predicted molar refractivity (Wildman–Crippen MR) is 78.1 cm³/mol. The van der Waals surface area contributed by atoms with Crippen molar-refractivity contribution in [2.75, 3.05) is 23.7 Å². The summed E-state index contributed by atoms with van der Waals surface area (Å²) in [5, 5.41) is 10.3. The Bertz CT molecular complexity index is 630. The zero-order chi connectivity index (χ0) is 14.1.